The maximum Gasteiger partial charge on any atom is 0.418 e. The van der Waals surface area contributed by atoms with Crippen molar-refractivity contribution in [2.75, 3.05) is 38.1 Å². The van der Waals surface area contributed by atoms with Crippen molar-refractivity contribution >= 4 is 34.2 Å². The van der Waals surface area contributed by atoms with Crippen molar-refractivity contribution in [2.24, 2.45) is 0 Å². The minimum Gasteiger partial charge on any atom is -0.478 e. The lowest BCUT2D eigenvalue weighted by molar-refractivity contribution is -0.137. The number of aromatic nitrogens is 2. The molecule has 1 saturated heterocycles. The number of aryl methyl sites for hydroxylation is 1. The largest absolute Gasteiger partial charge is 0.478 e. The highest BCUT2D eigenvalue weighted by Gasteiger charge is 2.38. The zero-order valence-corrected chi connectivity index (χ0v) is 24.4. The molecule has 2 heterocycles. The van der Waals surface area contributed by atoms with E-state index in [1.807, 2.05) is 18.0 Å². The summed E-state index contributed by atoms with van der Waals surface area (Å²) in [7, 11) is 1.86. The number of hydrogen-bond donors (Lipinski definition) is 1. The van der Waals surface area contributed by atoms with E-state index in [0.29, 0.717) is 34.8 Å². The van der Waals surface area contributed by atoms with E-state index in [4.69, 9.17) is 11.6 Å². The predicted molar refractivity (Wildman–Crippen MR) is 161 cm³/mol. The average molecular weight is 620 g/mol. The predicted octanol–water partition coefficient (Wildman–Crippen LogP) is 5.42. The summed E-state index contributed by atoms with van der Waals surface area (Å²) in [6.07, 6.45) is -4.77. The third kappa shape index (κ3) is 5.98. The quantitative estimate of drug-likeness (QED) is 0.305. The number of carboxylic acids is 1. The van der Waals surface area contributed by atoms with Crippen molar-refractivity contribution in [1.29, 1.82) is 5.26 Å². The van der Waals surface area contributed by atoms with Crippen LogP contribution < -0.4 is 10.5 Å². The third-order valence-corrected chi connectivity index (χ3v) is 7.75. The Balaban J connectivity index is 1.61. The van der Waals surface area contributed by atoms with Crippen LogP contribution in [0.2, 0.25) is 5.02 Å². The lowest BCUT2D eigenvalue weighted by Gasteiger charge is -2.36. The summed E-state index contributed by atoms with van der Waals surface area (Å²) < 4.78 is 44.0. The van der Waals surface area contributed by atoms with E-state index in [-0.39, 0.29) is 53.2 Å². The number of aromatic carboxylic acids is 1. The van der Waals surface area contributed by atoms with E-state index in [2.05, 4.69) is 16.8 Å². The van der Waals surface area contributed by atoms with Gasteiger partial charge < -0.3 is 14.9 Å². The van der Waals surface area contributed by atoms with E-state index in [1.165, 1.54) is 28.5 Å². The number of fused-ring (bicyclic) bond motifs is 1. The zero-order chi connectivity index (χ0) is 31.8. The van der Waals surface area contributed by atoms with Crippen LogP contribution in [0.1, 0.15) is 32.9 Å². The van der Waals surface area contributed by atoms with Crippen LogP contribution in [0.15, 0.2) is 53.3 Å². The van der Waals surface area contributed by atoms with Crippen molar-refractivity contribution in [2.45, 2.75) is 19.6 Å². The average Bonchev–Trinajstić information content (AvgIpc) is 2.98. The van der Waals surface area contributed by atoms with Gasteiger partial charge >= 0.3 is 12.1 Å². The molecule has 0 amide bonds. The summed E-state index contributed by atoms with van der Waals surface area (Å²) in [5.74, 6) is 4.96. The number of carboxylic acid groups (broad SMARTS) is 1. The van der Waals surface area contributed by atoms with Crippen LogP contribution in [-0.4, -0.2) is 58.8 Å². The molecule has 12 heteroatoms. The summed E-state index contributed by atoms with van der Waals surface area (Å²) in [5, 5.41) is 19.7. The molecule has 1 fully saturated rings. The Labute approximate surface area is 255 Å². The molecule has 4 aromatic rings. The molecule has 1 aromatic heterocycles. The maximum atomic E-state index is 14.3. The number of anilines is 1. The van der Waals surface area contributed by atoms with Crippen molar-refractivity contribution < 1.29 is 23.1 Å². The number of halogens is 4. The smallest absolute Gasteiger partial charge is 0.418 e. The molecule has 5 rings (SSSR count). The Hall–Kier alpha value is -4.84. The van der Waals surface area contributed by atoms with Crippen LogP contribution in [0.3, 0.4) is 0 Å². The summed E-state index contributed by atoms with van der Waals surface area (Å²) in [6.45, 7) is 2.84. The number of piperazine rings is 1. The molecule has 0 radical (unpaired) electrons. The molecular weight excluding hydrogens is 595 g/mol. The van der Waals surface area contributed by atoms with Crippen LogP contribution in [0.25, 0.3) is 22.0 Å². The summed E-state index contributed by atoms with van der Waals surface area (Å²) >= 11 is 6.22. The van der Waals surface area contributed by atoms with Crippen molar-refractivity contribution in [3.8, 4) is 29.0 Å². The lowest BCUT2D eigenvalue weighted by Crippen LogP contribution is -2.45. The van der Waals surface area contributed by atoms with Crippen molar-refractivity contribution in [3.05, 3.63) is 92.0 Å². The van der Waals surface area contributed by atoms with Gasteiger partial charge in [-0.15, -0.1) is 0 Å². The summed E-state index contributed by atoms with van der Waals surface area (Å²) in [4.78, 5) is 33.0. The van der Waals surface area contributed by atoms with Gasteiger partial charge in [0.05, 0.1) is 39.8 Å². The normalized spacial score (nSPS) is 13.8. The fourth-order valence-electron chi connectivity index (χ4n) is 5.25. The summed E-state index contributed by atoms with van der Waals surface area (Å²) in [5.41, 5.74) is -0.802. The lowest BCUT2D eigenvalue weighted by atomic mass is 9.98. The Morgan fingerprint density at radius 3 is 2.50 bits per heavy atom. The van der Waals surface area contributed by atoms with Gasteiger partial charge in [0.2, 0.25) is 0 Å². The van der Waals surface area contributed by atoms with Gasteiger partial charge in [0.25, 0.3) is 5.56 Å². The van der Waals surface area contributed by atoms with Crippen molar-refractivity contribution in [1.82, 2.24) is 14.5 Å². The van der Waals surface area contributed by atoms with Gasteiger partial charge in [-0.2, -0.15) is 18.4 Å². The van der Waals surface area contributed by atoms with E-state index in [0.717, 1.165) is 6.07 Å². The van der Waals surface area contributed by atoms with E-state index in [1.54, 1.807) is 30.3 Å². The fourth-order valence-corrected chi connectivity index (χ4v) is 5.42. The Bertz CT molecular complexity index is 1960. The van der Waals surface area contributed by atoms with Gasteiger partial charge in [-0.25, -0.2) is 9.78 Å². The van der Waals surface area contributed by atoms with E-state index in [9.17, 15) is 33.1 Å². The van der Waals surface area contributed by atoms with Gasteiger partial charge in [0.1, 0.15) is 11.9 Å². The molecule has 0 atom stereocenters. The maximum absolute atomic E-state index is 14.3. The highest BCUT2D eigenvalue weighted by atomic mass is 35.5. The van der Waals surface area contributed by atoms with Crippen LogP contribution >= 0.6 is 11.6 Å². The number of carbonyl (C=O) groups is 1. The van der Waals surface area contributed by atoms with Crippen LogP contribution in [0, 0.1) is 30.1 Å². The third-order valence-electron chi connectivity index (χ3n) is 7.51. The zero-order valence-electron chi connectivity index (χ0n) is 23.7. The first kappa shape index (κ1) is 30.6. The van der Waals surface area contributed by atoms with Gasteiger partial charge in [-0.05, 0) is 61.5 Å². The molecule has 3 aromatic carbocycles. The van der Waals surface area contributed by atoms with Crippen molar-refractivity contribution in [3.63, 3.8) is 0 Å². The van der Waals surface area contributed by atoms with Crippen LogP contribution in [0.4, 0.5) is 18.9 Å². The molecular formula is C32H25ClF3N5O3. The SMILES string of the molecule is Cc1nc2cc(C(F)(F)F)c(N3CCN(C)CC3)c(C#N)c2c(=O)n1CC#Cc1ccc(Cl)cc1-c1cccc(C(=O)O)c1. The van der Waals surface area contributed by atoms with Gasteiger partial charge in [0.15, 0.2) is 0 Å². The second-order valence-electron chi connectivity index (χ2n) is 10.4. The molecule has 44 heavy (non-hydrogen) atoms. The second-order valence-corrected chi connectivity index (χ2v) is 10.8. The first-order valence-corrected chi connectivity index (χ1v) is 13.9. The van der Waals surface area contributed by atoms with Crippen LogP contribution in [0.5, 0.6) is 0 Å². The first-order valence-electron chi connectivity index (χ1n) is 13.5. The number of hydrogen-bond acceptors (Lipinski definition) is 6. The Morgan fingerprint density at radius 2 is 1.84 bits per heavy atom. The number of benzene rings is 3. The standard InChI is InChI=1S/C32H25ClF3N5O3/c1-19-38-27-17-26(32(34,35)36)29(40-13-11-39(2)12-14-40)25(18-37)28(27)30(42)41(19)10-4-7-20-8-9-23(33)16-24(20)21-5-3-6-22(15-21)31(43)44/h3,5-6,8-9,15-17H,10-14H2,1-2H3,(H,43,44). The molecule has 1 aliphatic rings. The fraction of sp³-hybridized carbons (Fsp3) is 0.250. The molecule has 0 unspecified atom stereocenters. The van der Waals surface area contributed by atoms with Gasteiger partial charge in [0, 0.05) is 36.8 Å². The highest BCUT2D eigenvalue weighted by Crippen LogP contribution is 2.41. The molecule has 1 aliphatic heterocycles. The minimum atomic E-state index is -4.77. The van der Waals surface area contributed by atoms with E-state index >= 15 is 0 Å². The highest BCUT2D eigenvalue weighted by molar-refractivity contribution is 6.31. The number of likely N-dealkylation sites (N-methyl/N-ethyl adjacent to an activating group) is 1. The summed E-state index contributed by atoms with van der Waals surface area (Å²) in [6, 6.07) is 14.0. The minimum absolute atomic E-state index is 0.0868. The number of nitriles is 1. The molecule has 224 valence electrons. The first-order chi connectivity index (χ1) is 20.9. The molecule has 0 saturated carbocycles. The van der Waals surface area contributed by atoms with Crippen LogP contribution in [-0.2, 0) is 12.7 Å². The number of alkyl halides is 3. The molecule has 0 bridgehead atoms. The van der Waals surface area contributed by atoms with Gasteiger partial charge in [-0.1, -0.05) is 35.6 Å². The molecule has 8 nitrogen and oxygen atoms in total. The second kappa shape index (κ2) is 12.0. The Morgan fingerprint density at radius 1 is 1.11 bits per heavy atom. The Kier molecular flexibility index (Phi) is 8.38. The topological polar surface area (TPSA) is 102 Å². The van der Waals surface area contributed by atoms with Gasteiger partial charge in [-0.3, -0.25) is 9.36 Å². The monoisotopic (exact) mass is 619 g/mol. The number of nitrogens with zero attached hydrogens (tertiary/aromatic N) is 5. The number of rotatable bonds is 4. The molecule has 0 aliphatic carbocycles. The van der Waals surface area contributed by atoms with E-state index < -0.39 is 23.3 Å². The molecule has 0 spiro atoms. The molecule has 1 N–H and O–H groups in total.